The van der Waals surface area contributed by atoms with Crippen LogP contribution in [-0.2, 0) is 17.6 Å². The molecule has 0 saturated carbocycles. The van der Waals surface area contributed by atoms with Gasteiger partial charge in [0, 0.05) is 35.8 Å². The Kier molecular flexibility index (Phi) is 4.09. The highest BCUT2D eigenvalue weighted by Gasteiger charge is 2.22. The van der Waals surface area contributed by atoms with Crippen LogP contribution in [0.3, 0.4) is 0 Å². The quantitative estimate of drug-likeness (QED) is 0.761. The number of imidazole rings is 1. The number of hydrogen-bond donors (Lipinski definition) is 1. The first kappa shape index (κ1) is 16.0. The van der Waals surface area contributed by atoms with E-state index in [-0.39, 0.29) is 18.4 Å². The molecule has 1 atom stereocenters. The maximum absolute atomic E-state index is 12.4. The van der Waals surface area contributed by atoms with Crippen LogP contribution in [0, 0.1) is 0 Å². The predicted molar refractivity (Wildman–Crippen MR) is 96.8 cm³/mol. The van der Waals surface area contributed by atoms with Crippen LogP contribution in [0.25, 0.3) is 4.96 Å². The number of anilines is 1. The lowest BCUT2D eigenvalue weighted by atomic mass is 10.1. The molecule has 2 aromatic heterocycles. The van der Waals surface area contributed by atoms with Crippen molar-refractivity contribution in [3.8, 4) is 11.5 Å². The van der Waals surface area contributed by atoms with Crippen LogP contribution in [0.2, 0.25) is 0 Å². The normalized spacial score (nSPS) is 15.8. The van der Waals surface area contributed by atoms with Crippen molar-refractivity contribution in [2.24, 2.45) is 0 Å². The molecule has 1 aliphatic rings. The average Bonchev–Trinajstić information content (AvgIpc) is 3.21. The number of nitrogens with zero attached hydrogens (tertiary/aromatic N) is 2. The highest BCUT2D eigenvalue weighted by atomic mass is 32.1. The van der Waals surface area contributed by atoms with Crippen molar-refractivity contribution in [3.05, 3.63) is 41.2 Å². The fourth-order valence-electron chi connectivity index (χ4n) is 3.03. The molecule has 0 bridgehead atoms. The van der Waals surface area contributed by atoms with Gasteiger partial charge in [-0.15, -0.1) is 11.3 Å². The van der Waals surface area contributed by atoms with E-state index in [0.29, 0.717) is 18.0 Å². The molecule has 7 heteroatoms. The Balaban J connectivity index is 1.53. The van der Waals surface area contributed by atoms with E-state index in [9.17, 15) is 4.79 Å². The van der Waals surface area contributed by atoms with Crippen LogP contribution in [0.1, 0.15) is 25.1 Å². The van der Waals surface area contributed by atoms with Crippen molar-refractivity contribution >= 4 is 27.9 Å². The molecule has 1 amide bonds. The summed E-state index contributed by atoms with van der Waals surface area (Å²) in [6, 6.07) is 3.82. The topological polar surface area (TPSA) is 64.9 Å². The van der Waals surface area contributed by atoms with Gasteiger partial charge in [0.15, 0.2) is 4.96 Å². The Bertz CT molecular complexity index is 902. The monoisotopic (exact) mass is 357 g/mol. The Morgan fingerprint density at radius 2 is 2.40 bits per heavy atom. The first-order chi connectivity index (χ1) is 12.1. The van der Waals surface area contributed by atoms with E-state index in [1.165, 1.54) is 0 Å². The van der Waals surface area contributed by atoms with Gasteiger partial charge in [0.2, 0.25) is 5.91 Å². The summed E-state index contributed by atoms with van der Waals surface area (Å²) in [7, 11) is 0. The average molecular weight is 357 g/mol. The molecule has 0 saturated heterocycles. The van der Waals surface area contributed by atoms with E-state index in [1.54, 1.807) is 11.3 Å². The number of carbonyl (C=O) groups excluding carboxylic acids is 1. The van der Waals surface area contributed by atoms with Gasteiger partial charge in [-0.25, -0.2) is 4.98 Å². The summed E-state index contributed by atoms with van der Waals surface area (Å²) in [5, 5.41) is 4.90. The number of amides is 1. The zero-order valence-electron chi connectivity index (χ0n) is 14.1. The van der Waals surface area contributed by atoms with Gasteiger partial charge in [0.05, 0.1) is 24.4 Å². The second-order valence-electron chi connectivity index (χ2n) is 6.07. The third-order valence-corrected chi connectivity index (χ3v) is 4.83. The summed E-state index contributed by atoms with van der Waals surface area (Å²) >= 11 is 1.55. The lowest BCUT2D eigenvalue weighted by molar-refractivity contribution is -0.115. The minimum absolute atomic E-state index is 0.127. The smallest absolute Gasteiger partial charge is 0.230 e. The highest BCUT2D eigenvalue weighted by Crippen LogP contribution is 2.38. The Hall–Kier alpha value is -2.54. The standard InChI is InChI=1S/C18H19N3O3S/c1-3-23-16-7-12-6-11(2)24-15(12)9-14(16)20-17(22)8-13-10-21-4-5-25-18(21)19-13/h4-5,7,9-11H,3,6,8H2,1-2H3,(H,20,22)/t11-/m0/s1. The second kappa shape index (κ2) is 6.40. The number of hydrogen-bond acceptors (Lipinski definition) is 5. The molecule has 3 heterocycles. The molecule has 6 nitrogen and oxygen atoms in total. The van der Waals surface area contributed by atoms with Gasteiger partial charge in [0.25, 0.3) is 0 Å². The van der Waals surface area contributed by atoms with Crippen LogP contribution in [0.4, 0.5) is 5.69 Å². The third-order valence-electron chi connectivity index (χ3n) is 4.06. The maximum Gasteiger partial charge on any atom is 0.230 e. The molecule has 1 N–H and O–H groups in total. The fraction of sp³-hybridized carbons (Fsp3) is 0.333. The molecule has 25 heavy (non-hydrogen) atoms. The zero-order chi connectivity index (χ0) is 17.4. The lowest BCUT2D eigenvalue weighted by Crippen LogP contribution is -2.15. The van der Waals surface area contributed by atoms with Crippen molar-refractivity contribution in [1.29, 1.82) is 0 Å². The van der Waals surface area contributed by atoms with E-state index < -0.39 is 0 Å². The SMILES string of the molecule is CCOc1cc2c(cc1NC(=O)Cc1cn3ccsc3n1)O[C@@H](C)C2. The molecule has 3 aromatic rings. The number of benzene rings is 1. The molecule has 0 spiro atoms. The third kappa shape index (κ3) is 3.19. The molecule has 1 aliphatic heterocycles. The van der Waals surface area contributed by atoms with Crippen LogP contribution in [-0.4, -0.2) is 28.0 Å². The predicted octanol–water partition coefficient (Wildman–Crippen LogP) is 3.30. The molecular formula is C18H19N3O3S. The summed E-state index contributed by atoms with van der Waals surface area (Å²) in [5.74, 6) is 1.37. The summed E-state index contributed by atoms with van der Waals surface area (Å²) in [6.45, 7) is 4.49. The molecule has 0 unspecified atom stereocenters. The van der Waals surface area contributed by atoms with Crippen LogP contribution < -0.4 is 14.8 Å². The molecule has 130 valence electrons. The molecule has 0 radical (unpaired) electrons. The summed E-state index contributed by atoms with van der Waals surface area (Å²) < 4.78 is 13.4. The van der Waals surface area contributed by atoms with Gasteiger partial charge < -0.3 is 14.8 Å². The molecular weight excluding hydrogens is 338 g/mol. The zero-order valence-corrected chi connectivity index (χ0v) is 14.9. The van der Waals surface area contributed by atoms with Gasteiger partial charge >= 0.3 is 0 Å². The van der Waals surface area contributed by atoms with E-state index in [4.69, 9.17) is 9.47 Å². The number of nitrogens with one attached hydrogen (secondary N) is 1. The Labute approximate surface area is 149 Å². The largest absolute Gasteiger partial charge is 0.492 e. The van der Waals surface area contributed by atoms with Crippen LogP contribution in [0.5, 0.6) is 11.5 Å². The first-order valence-corrected chi connectivity index (χ1v) is 9.17. The fourth-order valence-corrected chi connectivity index (χ4v) is 3.75. The number of rotatable bonds is 5. The van der Waals surface area contributed by atoms with E-state index in [0.717, 1.165) is 28.4 Å². The lowest BCUT2D eigenvalue weighted by Gasteiger charge is -2.13. The van der Waals surface area contributed by atoms with Gasteiger partial charge in [-0.2, -0.15) is 0 Å². The minimum Gasteiger partial charge on any atom is -0.492 e. The van der Waals surface area contributed by atoms with E-state index in [2.05, 4.69) is 10.3 Å². The number of thiazole rings is 1. The Morgan fingerprint density at radius 3 is 3.20 bits per heavy atom. The Morgan fingerprint density at radius 1 is 1.52 bits per heavy atom. The molecule has 4 rings (SSSR count). The van der Waals surface area contributed by atoms with Gasteiger partial charge in [-0.1, -0.05) is 0 Å². The van der Waals surface area contributed by atoms with Crippen molar-refractivity contribution in [2.75, 3.05) is 11.9 Å². The number of fused-ring (bicyclic) bond motifs is 2. The molecule has 0 aliphatic carbocycles. The summed E-state index contributed by atoms with van der Waals surface area (Å²) in [6.07, 6.45) is 5.03. The summed E-state index contributed by atoms with van der Waals surface area (Å²) in [4.78, 5) is 17.8. The number of ether oxygens (including phenoxy) is 2. The summed E-state index contributed by atoms with van der Waals surface area (Å²) in [5.41, 5.74) is 2.50. The van der Waals surface area contributed by atoms with E-state index >= 15 is 0 Å². The van der Waals surface area contributed by atoms with Crippen molar-refractivity contribution in [2.45, 2.75) is 32.8 Å². The van der Waals surface area contributed by atoms with Gasteiger partial charge in [-0.3, -0.25) is 9.20 Å². The van der Waals surface area contributed by atoms with Gasteiger partial charge in [0.1, 0.15) is 17.6 Å². The van der Waals surface area contributed by atoms with Crippen molar-refractivity contribution in [3.63, 3.8) is 0 Å². The van der Waals surface area contributed by atoms with Crippen LogP contribution >= 0.6 is 11.3 Å². The van der Waals surface area contributed by atoms with Crippen molar-refractivity contribution in [1.82, 2.24) is 9.38 Å². The first-order valence-electron chi connectivity index (χ1n) is 8.29. The van der Waals surface area contributed by atoms with Crippen molar-refractivity contribution < 1.29 is 14.3 Å². The van der Waals surface area contributed by atoms with Crippen LogP contribution in [0.15, 0.2) is 29.9 Å². The number of carbonyl (C=O) groups is 1. The van der Waals surface area contributed by atoms with Gasteiger partial charge in [-0.05, 0) is 19.9 Å². The maximum atomic E-state index is 12.4. The second-order valence-corrected chi connectivity index (χ2v) is 6.94. The highest BCUT2D eigenvalue weighted by molar-refractivity contribution is 7.15. The molecule has 1 aromatic carbocycles. The minimum atomic E-state index is -0.127. The number of aromatic nitrogens is 2. The van der Waals surface area contributed by atoms with E-state index in [1.807, 2.05) is 48.2 Å². The molecule has 0 fully saturated rings.